The van der Waals surface area contributed by atoms with Crippen LogP contribution in [0.3, 0.4) is 0 Å². The predicted molar refractivity (Wildman–Crippen MR) is 64.1 cm³/mol. The van der Waals surface area contributed by atoms with Gasteiger partial charge in [-0.05, 0) is 19.4 Å². The van der Waals surface area contributed by atoms with Crippen molar-refractivity contribution in [1.82, 2.24) is 10.6 Å². The third-order valence-corrected chi connectivity index (χ3v) is 3.80. The van der Waals surface area contributed by atoms with E-state index in [9.17, 15) is 14.7 Å². The van der Waals surface area contributed by atoms with E-state index in [0.29, 0.717) is 5.57 Å². The van der Waals surface area contributed by atoms with Gasteiger partial charge in [0.05, 0.1) is 19.3 Å². The smallest absolute Gasteiger partial charge is 0.313 e. The second kappa shape index (κ2) is 4.70. The number of hydrogen-bond acceptors (Lipinski definition) is 4. The van der Waals surface area contributed by atoms with Crippen LogP contribution in [0, 0.1) is 5.41 Å². The second-order valence-electron chi connectivity index (χ2n) is 5.10. The maximum Gasteiger partial charge on any atom is 0.313 e. The molecule has 2 heterocycles. The van der Waals surface area contributed by atoms with E-state index in [-0.39, 0.29) is 19.1 Å². The summed E-state index contributed by atoms with van der Waals surface area (Å²) in [5.41, 5.74) is 0.704. The molecule has 0 bridgehead atoms. The summed E-state index contributed by atoms with van der Waals surface area (Å²) in [5.74, 6) is -1.14. The van der Waals surface area contributed by atoms with Crippen LogP contribution in [0.15, 0.2) is 11.1 Å². The molecular formula is C12H18N2O4. The molecular weight excluding hydrogens is 236 g/mol. The number of carbonyl (C=O) groups excluding carboxylic acids is 1. The molecule has 0 aromatic rings. The highest BCUT2D eigenvalue weighted by atomic mass is 16.5. The zero-order valence-electron chi connectivity index (χ0n) is 10.6. The highest BCUT2D eigenvalue weighted by Crippen LogP contribution is 2.29. The van der Waals surface area contributed by atoms with Gasteiger partial charge in [0.25, 0.3) is 0 Å². The molecule has 2 rings (SSSR count). The van der Waals surface area contributed by atoms with Crippen LogP contribution in [0.4, 0.5) is 0 Å². The van der Waals surface area contributed by atoms with Crippen LogP contribution in [0.25, 0.3) is 0 Å². The fourth-order valence-electron chi connectivity index (χ4n) is 2.03. The molecule has 0 saturated carbocycles. The zero-order chi connectivity index (χ0) is 13.3. The molecule has 2 fully saturated rings. The summed E-state index contributed by atoms with van der Waals surface area (Å²) in [4.78, 5) is 23.2. The van der Waals surface area contributed by atoms with Crippen molar-refractivity contribution < 1.29 is 19.4 Å². The van der Waals surface area contributed by atoms with Crippen molar-refractivity contribution in [2.45, 2.75) is 19.9 Å². The second-order valence-corrected chi connectivity index (χ2v) is 5.10. The number of carboxylic acid groups (broad SMARTS) is 1. The number of carboxylic acids is 1. The number of aliphatic carboxylic acids is 1. The molecule has 2 unspecified atom stereocenters. The summed E-state index contributed by atoms with van der Waals surface area (Å²) < 4.78 is 5.19. The van der Waals surface area contributed by atoms with Gasteiger partial charge in [-0.15, -0.1) is 0 Å². The van der Waals surface area contributed by atoms with Gasteiger partial charge in [0.2, 0.25) is 5.91 Å². The molecule has 0 aromatic carbocycles. The van der Waals surface area contributed by atoms with E-state index >= 15 is 0 Å². The molecule has 0 aromatic heterocycles. The largest absolute Gasteiger partial charge is 0.481 e. The first-order chi connectivity index (χ1) is 8.45. The van der Waals surface area contributed by atoms with Crippen molar-refractivity contribution in [1.29, 1.82) is 0 Å². The summed E-state index contributed by atoms with van der Waals surface area (Å²) in [6.07, 6.45) is 0. The molecule has 0 radical (unpaired) electrons. The van der Waals surface area contributed by atoms with Gasteiger partial charge in [-0.25, -0.2) is 0 Å². The number of hydrogen-bond donors (Lipinski definition) is 3. The molecule has 2 saturated heterocycles. The van der Waals surface area contributed by atoms with Gasteiger partial charge in [0, 0.05) is 18.7 Å². The molecule has 1 amide bonds. The van der Waals surface area contributed by atoms with Crippen LogP contribution in [-0.2, 0) is 14.3 Å². The molecule has 2 aliphatic heterocycles. The summed E-state index contributed by atoms with van der Waals surface area (Å²) >= 11 is 0. The Balaban J connectivity index is 2.05. The Morgan fingerprint density at radius 2 is 2.17 bits per heavy atom. The fraction of sp³-hybridized carbons (Fsp3) is 0.667. The first kappa shape index (κ1) is 13.0. The minimum atomic E-state index is -1.04. The maximum absolute atomic E-state index is 12.0. The lowest BCUT2D eigenvalue weighted by molar-refractivity contribution is -0.148. The Labute approximate surface area is 105 Å². The van der Waals surface area contributed by atoms with Crippen molar-refractivity contribution in [2.75, 3.05) is 26.3 Å². The summed E-state index contributed by atoms with van der Waals surface area (Å²) in [7, 11) is 0. The number of ether oxygens (including phenoxy) is 1. The minimum absolute atomic E-state index is 0.129. The molecule has 2 atom stereocenters. The van der Waals surface area contributed by atoms with Crippen LogP contribution in [0.1, 0.15) is 13.8 Å². The molecule has 6 heteroatoms. The van der Waals surface area contributed by atoms with E-state index in [1.54, 1.807) is 13.8 Å². The lowest BCUT2D eigenvalue weighted by Crippen LogP contribution is -2.50. The van der Waals surface area contributed by atoms with Gasteiger partial charge in [0.15, 0.2) is 0 Å². The highest BCUT2D eigenvalue weighted by Gasteiger charge is 2.47. The van der Waals surface area contributed by atoms with Gasteiger partial charge in [-0.2, -0.15) is 0 Å². The van der Waals surface area contributed by atoms with Crippen molar-refractivity contribution in [2.24, 2.45) is 5.41 Å². The molecule has 2 aliphatic rings. The van der Waals surface area contributed by atoms with Gasteiger partial charge in [-0.3, -0.25) is 9.59 Å². The lowest BCUT2D eigenvalue weighted by atomic mass is 9.85. The summed E-state index contributed by atoms with van der Waals surface area (Å²) in [6.45, 7) is 5.20. The van der Waals surface area contributed by atoms with Crippen molar-refractivity contribution in [3.05, 3.63) is 11.1 Å². The fourth-order valence-corrected chi connectivity index (χ4v) is 2.03. The number of rotatable bonds is 3. The average molecular weight is 254 g/mol. The topological polar surface area (TPSA) is 87.7 Å². The van der Waals surface area contributed by atoms with Gasteiger partial charge >= 0.3 is 5.97 Å². The number of carbonyl (C=O) groups is 2. The van der Waals surface area contributed by atoms with Gasteiger partial charge in [0.1, 0.15) is 5.41 Å². The first-order valence-electron chi connectivity index (χ1n) is 5.96. The first-order valence-corrected chi connectivity index (χ1v) is 5.96. The lowest BCUT2D eigenvalue weighted by Gasteiger charge is -2.27. The van der Waals surface area contributed by atoms with E-state index in [1.165, 1.54) is 0 Å². The van der Waals surface area contributed by atoms with Gasteiger partial charge < -0.3 is 20.5 Å². The quantitative estimate of drug-likeness (QED) is 0.592. The Morgan fingerprint density at radius 3 is 2.67 bits per heavy atom. The normalized spacial score (nSPS) is 30.8. The van der Waals surface area contributed by atoms with E-state index in [4.69, 9.17) is 4.74 Å². The average Bonchev–Trinajstić information content (AvgIpc) is 2.59. The third-order valence-electron chi connectivity index (χ3n) is 3.80. The van der Waals surface area contributed by atoms with Crippen molar-refractivity contribution >= 4 is 11.9 Å². The molecule has 100 valence electrons. The summed E-state index contributed by atoms with van der Waals surface area (Å²) in [5, 5.41) is 15.0. The van der Waals surface area contributed by atoms with Crippen LogP contribution >= 0.6 is 0 Å². The molecule has 6 nitrogen and oxygen atoms in total. The number of amides is 1. The monoisotopic (exact) mass is 254 g/mol. The summed E-state index contributed by atoms with van der Waals surface area (Å²) in [6, 6.07) is -0.480. The van der Waals surface area contributed by atoms with Crippen LogP contribution in [-0.4, -0.2) is 49.3 Å². The van der Waals surface area contributed by atoms with Gasteiger partial charge in [-0.1, -0.05) is 0 Å². The van der Waals surface area contributed by atoms with Crippen LogP contribution < -0.4 is 10.6 Å². The van der Waals surface area contributed by atoms with E-state index in [2.05, 4.69) is 10.6 Å². The molecule has 0 spiro atoms. The molecule has 0 aliphatic carbocycles. The van der Waals surface area contributed by atoms with E-state index in [1.807, 2.05) is 0 Å². The SMILES string of the molecule is CC(C(=O)NC1COCC1(C)C(=O)O)=C1CNC1. The Bertz CT molecular complexity index is 412. The Morgan fingerprint density at radius 1 is 1.50 bits per heavy atom. The minimum Gasteiger partial charge on any atom is -0.481 e. The van der Waals surface area contributed by atoms with Crippen molar-refractivity contribution in [3.8, 4) is 0 Å². The van der Waals surface area contributed by atoms with Crippen molar-refractivity contribution in [3.63, 3.8) is 0 Å². The predicted octanol–water partition coefficient (Wildman–Crippen LogP) is -0.488. The van der Waals surface area contributed by atoms with E-state index in [0.717, 1.165) is 18.7 Å². The standard InChI is InChI=1S/C12H18N2O4/c1-7(8-3-13-4-8)10(15)14-9-5-18-6-12(9,2)11(16)17/h9,13H,3-6H2,1-2H3,(H,14,15)(H,16,17). The highest BCUT2D eigenvalue weighted by molar-refractivity contribution is 5.94. The van der Waals surface area contributed by atoms with Crippen LogP contribution in [0.2, 0.25) is 0 Å². The number of nitrogens with one attached hydrogen (secondary N) is 2. The van der Waals surface area contributed by atoms with E-state index < -0.39 is 17.4 Å². The van der Waals surface area contributed by atoms with Crippen LogP contribution in [0.5, 0.6) is 0 Å². The third kappa shape index (κ3) is 2.13. The zero-order valence-corrected chi connectivity index (χ0v) is 10.6. The maximum atomic E-state index is 12.0. The Kier molecular flexibility index (Phi) is 3.41. The molecule has 3 N–H and O–H groups in total. The molecule has 18 heavy (non-hydrogen) atoms. The Hall–Kier alpha value is -1.40.